The van der Waals surface area contributed by atoms with Crippen molar-refractivity contribution in [3.63, 3.8) is 0 Å². The summed E-state index contributed by atoms with van der Waals surface area (Å²) in [6, 6.07) is 11.6. The zero-order valence-electron chi connectivity index (χ0n) is 66.8. The smallest absolute Gasteiger partial charge is 0.248 e. The minimum absolute atomic E-state index is 0.0201. The molecule has 0 saturated carbocycles. The zero-order chi connectivity index (χ0) is 80.0. The third kappa shape index (κ3) is 24.5. The SMILES string of the molecule is CCCCS1=CNC(C[C@H]2C(=O)N[C@@H](Cc3ccccc3)C(=O)N(C)[C@@H](Cc3ccccc3)C(=O)N(C)[C@@H](CC(C)C)C(=O)N[C@H](C(=O)N3CCCCC3)CC(=O)N(C)[C@@H](C)C(=O)N(C)[C@@H](Cc3ccccc3)C(=O)N[C@@H](CC(C)C)C(=O)N[C@@H]([C@@H](C)O)C(=O)N(C)[C@@H](CC(C)C)C(=O)N(C)[C@@H](C)C(=O)N2C)C1. The van der Waals surface area contributed by atoms with Crippen LogP contribution in [-0.2, 0) is 76.8 Å². The molecule has 2 unspecified atom stereocenters. The van der Waals surface area contributed by atoms with Crippen molar-refractivity contribution in [3.8, 4) is 0 Å². The maximum atomic E-state index is 15.9. The van der Waals surface area contributed by atoms with Crippen molar-refractivity contribution in [2.45, 2.75) is 231 Å². The van der Waals surface area contributed by atoms with Gasteiger partial charge in [0.2, 0.25) is 70.9 Å². The summed E-state index contributed by atoms with van der Waals surface area (Å²) in [5.74, 6) is -7.72. The number of likely N-dealkylation sites (tertiary alicyclic amines) is 1. The Bertz CT molecular complexity index is 3580. The molecule has 14 atom stereocenters. The molecule has 0 aromatic heterocycles. The summed E-state index contributed by atoms with van der Waals surface area (Å²) in [7, 11) is 9.80. The monoisotopic (exact) mass is 1520 g/mol. The van der Waals surface area contributed by atoms with Gasteiger partial charge in [0.1, 0.15) is 66.5 Å². The Morgan fingerprint density at radius 3 is 1.44 bits per heavy atom. The van der Waals surface area contributed by atoms with Crippen molar-refractivity contribution in [3.05, 3.63) is 108 Å². The van der Waals surface area contributed by atoms with Crippen LogP contribution in [0, 0.1) is 17.8 Å². The van der Waals surface area contributed by atoms with Crippen LogP contribution in [0.4, 0.5) is 0 Å². The van der Waals surface area contributed by atoms with Crippen LogP contribution in [-0.4, -0.2) is 273 Å². The Morgan fingerprint density at radius 2 is 0.917 bits per heavy atom. The minimum Gasteiger partial charge on any atom is -0.391 e. The molecule has 2 saturated heterocycles. The molecule has 6 rings (SSSR count). The van der Waals surface area contributed by atoms with Gasteiger partial charge in [-0.3, -0.25) is 62.9 Å². The van der Waals surface area contributed by atoms with Gasteiger partial charge in [0.05, 0.1) is 12.5 Å². The van der Waals surface area contributed by atoms with E-state index in [0.29, 0.717) is 48.4 Å². The number of aliphatic hydroxyl groups excluding tert-OH is 1. The van der Waals surface area contributed by atoms with Crippen LogP contribution in [0.3, 0.4) is 0 Å². The molecular weight excluding hydrogens is 1400 g/mol. The van der Waals surface area contributed by atoms with Crippen molar-refractivity contribution in [2.24, 2.45) is 17.8 Å². The Morgan fingerprint density at radius 1 is 0.472 bits per heavy atom. The van der Waals surface area contributed by atoms with Crippen molar-refractivity contribution in [2.75, 3.05) is 73.9 Å². The van der Waals surface area contributed by atoms with Gasteiger partial charge in [-0.15, -0.1) is 0 Å². The highest BCUT2D eigenvalue weighted by atomic mass is 32.2. The molecule has 0 bridgehead atoms. The lowest BCUT2D eigenvalue weighted by atomic mass is 9.97. The second kappa shape index (κ2) is 41.9. The van der Waals surface area contributed by atoms with Crippen LogP contribution in [0.15, 0.2) is 91.0 Å². The molecule has 596 valence electrons. The average molecular weight is 1520 g/mol. The van der Waals surface area contributed by atoms with Gasteiger partial charge in [0.15, 0.2) is 0 Å². The highest BCUT2D eigenvalue weighted by molar-refractivity contribution is 8.15. The number of nitrogens with one attached hydrogen (secondary N) is 5. The molecule has 27 heteroatoms. The Hall–Kier alpha value is -8.56. The molecule has 0 spiro atoms. The summed E-state index contributed by atoms with van der Waals surface area (Å²) in [6.45, 7) is 18.2. The molecule has 2 fully saturated rings. The quantitative estimate of drug-likeness (QED) is 0.0894. The summed E-state index contributed by atoms with van der Waals surface area (Å²) in [5.41, 5.74) is 4.00. The van der Waals surface area contributed by atoms with Crippen LogP contribution in [0.5, 0.6) is 0 Å². The first-order valence-corrected chi connectivity index (χ1v) is 40.1. The van der Waals surface area contributed by atoms with Gasteiger partial charge in [-0.2, -0.15) is 10.5 Å². The number of amides is 12. The number of unbranched alkanes of at least 4 members (excludes halogenated alkanes) is 1. The normalized spacial score (nSPS) is 26.7. The lowest BCUT2D eigenvalue weighted by Crippen LogP contribution is -2.63. The number of likely N-dealkylation sites (N-methyl/N-ethyl adjacent to an activating group) is 7. The van der Waals surface area contributed by atoms with E-state index >= 15 is 43.2 Å². The fourth-order valence-electron chi connectivity index (χ4n) is 14.2. The highest BCUT2D eigenvalue weighted by Gasteiger charge is 2.45. The minimum atomic E-state index is -1.69. The first kappa shape index (κ1) is 88.3. The van der Waals surface area contributed by atoms with Gasteiger partial charge in [0.25, 0.3) is 0 Å². The lowest BCUT2D eigenvalue weighted by molar-refractivity contribution is -0.153. The summed E-state index contributed by atoms with van der Waals surface area (Å²) in [4.78, 5) is 193. The fraction of sp³-hybridized carbons (Fsp3) is 0.617. The highest BCUT2D eigenvalue weighted by Crippen LogP contribution is 2.27. The second-order valence-electron chi connectivity index (χ2n) is 31.1. The van der Waals surface area contributed by atoms with Crippen molar-refractivity contribution in [1.29, 1.82) is 0 Å². The van der Waals surface area contributed by atoms with E-state index in [4.69, 9.17) is 0 Å². The van der Waals surface area contributed by atoms with E-state index in [-0.39, 0.29) is 79.2 Å². The number of piperidine rings is 1. The first-order valence-electron chi connectivity index (χ1n) is 38.5. The zero-order valence-corrected chi connectivity index (χ0v) is 67.6. The van der Waals surface area contributed by atoms with Crippen LogP contribution in [0.2, 0.25) is 0 Å². The van der Waals surface area contributed by atoms with E-state index in [1.807, 2.05) is 71.3 Å². The third-order valence-electron chi connectivity index (χ3n) is 21.2. The number of aliphatic hydroxyl groups is 1. The van der Waals surface area contributed by atoms with Gasteiger partial charge >= 0.3 is 0 Å². The summed E-state index contributed by atoms with van der Waals surface area (Å²) in [5, 5.41) is 26.4. The van der Waals surface area contributed by atoms with Crippen LogP contribution in [0.1, 0.15) is 150 Å². The third-order valence-corrected chi connectivity index (χ3v) is 23.3. The molecule has 3 aliphatic rings. The topological polar surface area (TPSA) is 311 Å². The molecular formula is C81H123N13O13S. The molecule has 0 aliphatic carbocycles. The molecule has 3 aliphatic heterocycles. The number of carbonyl (C=O) groups excluding carboxylic acids is 12. The number of hydrogen-bond donors (Lipinski definition) is 6. The van der Waals surface area contributed by atoms with Crippen molar-refractivity contribution >= 4 is 86.9 Å². The number of benzene rings is 3. The van der Waals surface area contributed by atoms with Crippen molar-refractivity contribution < 1.29 is 62.6 Å². The standard InChI is InChI=1S/C81H123N13O13S/c1-18-19-40-108-49-60(82-50-108)47-66-74(100)84-62(44-57-32-24-20-25-33-57)77(103)92(16)68(46-59-36-28-22-29-37-59)80(106)91(15)64(42-52(4)5)72(98)85-63(78(104)94-38-30-23-31-39-94)48-69(96)87(11)54(8)75(101)89(13)65(45-58-34-26-21-27-35-58)73(99)83-61(41-51(2)3)71(97)86-70(56(10)95)81(107)93(17)67(43-53(6)7)79(105)88(12)55(9)76(102)90(66)14/h20-22,24-29,32-37,50-56,60-68,70,82,95H,18-19,23,30-31,38-49H2,1-17H3,(H,83,99)(H,84,100)(H,85,98)(H,86,97)/t54-,55-,56+,60?,61-,62-,63-,64-,65-,66-,67-,68-,70-,108?/m0/s1. The van der Waals surface area contributed by atoms with Crippen LogP contribution < -0.4 is 26.6 Å². The van der Waals surface area contributed by atoms with E-state index in [0.717, 1.165) is 34.8 Å². The fourth-order valence-corrected chi connectivity index (χ4v) is 16.4. The molecule has 6 N–H and O–H groups in total. The molecule has 12 amide bonds. The summed E-state index contributed by atoms with van der Waals surface area (Å²) in [6.07, 6.45) is 2.00. The molecule has 3 heterocycles. The second-order valence-corrected chi connectivity index (χ2v) is 33.1. The molecule has 3 aromatic rings. The molecule has 26 nitrogen and oxygen atoms in total. The molecule has 0 radical (unpaired) electrons. The van der Waals surface area contributed by atoms with Gasteiger partial charge in [0, 0.05) is 99.0 Å². The predicted molar refractivity (Wildman–Crippen MR) is 420 cm³/mol. The van der Waals surface area contributed by atoms with E-state index in [9.17, 15) is 19.5 Å². The number of rotatable bonds is 19. The predicted octanol–water partition coefficient (Wildman–Crippen LogP) is 4.61. The number of hydrogen-bond acceptors (Lipinski definition) is 14. The number of carbonyl (C=O) groups is 12. The number of nitrogens with zero attached hydrogens (tertiary/aromatic N) is 8. The first-order chi connectivity index (χ1) is 51.1. The van der Waals surface area contributed by atoms with Crippen LogP contribution >= 0.6 is 10.5 Å². The van der Waals surface area contributed by atoms with Gasteiger partial charge < -0.3 is 65.6 Å². The summed E-state index contributed by atoms with van der Waals surface area (Å²) < 4.78 is 0. The Kier molecular flexibility index (Phi) is 34.2. The Labute approximate surface area is 642 Å². The Balaban J connectivity index is 1.53. The largest absolute Gasteiger partial charge is 0.391 e. The van der Waals surface area contributed by atoms with E-state index in [2.05, 4.69) is 33.5 Å². The van der Waals surface area contributed by atoms with E-state index in [1.165, 1.54) is 94.6 Å². The van der Waals surface area contributed by atoms with Crippen LogP contribution in [0.25, 0.3) is 0 Å². The van der Waals surface area contributed by atoms with Gasteiger partial charge in [-0.1, -0.05) is 146 Å². The molecule has 108 heavy (non-hydrogen) atoms. The average Bonchev–Trinajstić information content (AvgIpc) is 1.18. The maximum Gasteiger partial charge on any atom is 0.248 e. The molecule has 3 aromatic carbocycles. The lowest BCUT2D eigenvalue weighted by Gasteiger charge is -2.39. The van der Waals surface area contributed by atoms with Gasteiger partial charge in [-0.05, 0) is 112 Å². The van der Waals surface area contributed by atoms with Gasteiger partial charge in [-0.25, -0.2) is 0 Å². The van der Waals surface area contributed by atoms with E-state index in [1.54, 1.807) is 71.6 Å². The summed E-state index contributed by atoms with van der Waals surface area (Å²) >= 11 is 0. The van der Waals surface area contributed by atoms with Crippen molar-refractivity contribution in [1.82, 2.24) is 65.8 Å². The maximum absolute atomic E-state index is 15.9. The van der Waals surface area contributed by atoms with E-state index < -0.39 is 150 Å².